The summed E-state index contributed by atoms with van der Waals surface area (Å²) in [7, 11) is 0. The van der Waals surface area contributed by atoms with Crippen molar-refractivity contribution in [2.75, 3.05) is 18.5 Å². The zero-order valence-electron chi connectivity index (χ0n) is 13.9. The Hall–Kier alpha value is -2.82. The SMILES string of the molecule is O=C(Nc1ccc2c(c1)CN(CC1CC1)C(=O)CO2)c1ccccc1. The summed E-state index contributed by atoms with van der Waals surface area (Å²) in [6, 6.07) is 14.6. The number of nitrogens with one attached hydrogen (secondary N) is 1. The molecular formula is C20H20N2O3. The highest BCUT2D eigenvalue weighted by molar-refractivity contribution is 6.04. The van der Waals surface area contributed by atoms with Crippen LogP contribution >= 0.6 is 0 Å². The minimum atomic E-state index is -0.152. The third-order valence-electron chi connectivity index (χ3n) is 4.59. The number of hydrogen-bond donors (Lipinski definition) is 1. The van der Waals surface area contributed by atoms with Crippen LogP contribution in [0.15, 0.2) is 48.5 Å². The van der Waals surface area contributed by atoms with E-state index in [4.69, 9.17) is 4.74 Å². The molecule has 2 aromatic rings. The Bertz CT molecular complexity index is 800. The average Bonchev–Trinajstić information content (AvgIpc) is 3.45. The quantitative estimate of drug-likeness (QED) is 0.933. The van der Waals surface area contributed by atoms with E-state index in [9.17, 15) is 9.59 Å². The first-order chi connectivity index (χ1) is 12.2. The summed E-state index contributed by atoms with van der Waals surface area (Å²) in [5, 5.41) is 2.91. The number of nitrogens with zero attached hydrogens (tertiary/aromatic N) is 1. The second kappa shape index (κ2) is 6.59. The first-order valence-corrected chi connectivity index (χ1v) is 8.59. The molecule has 5 nitrogen and oxygen atoms in total. The van der Waals surface area contributed by atoms with E-state index >= 15 is 0 Å². The van der Waals surface area contributed by atoms with E-state index in [1.54, 1.807) is 18.2 Å². The second-order valence-electron chi connectivity index (χ2n) is 6.65. The van der Waals surface area contributed by atoms with E-state index in [1.165, 1.54) is 12.8 Å². The van der Waals surface area contributed by atoms with Gasteiger partial charge in [0.1, 0.15) is 5.75 Å². The number of benzene rings is 2. The van der Waals surface area contributed by atoms with Gasteiger partial charge in [-0.2, -0.15) is 0 Å². The van der Waals surface area contributed by atoms with E-state index in [2.05, 4.69) is 5.32 Å². The van der Waals surface area contributed by atoms with Crippen molar-refractivity contribution in [3.05, 3.63) is 59.7 Å². The minimum absolute atomic E-state index is 0.0259. The van der Waals surface area contributed by atoms with Gasteiger partial charge in [-0.15, -0.1) is 0 Å². The highest BCUT2D eigenvalue weighted by Gasteiger charge is 2.29. The van der Waals surface area contributed by atoms with Crippen LogP contribution in [-0.4, -0.2) is 29.9 Å². The molecule has 0 bridgehead atoms. The van der Waals surface area contributed by atoms with Crippen LogP contribution in [0.4, 0.5) is 5.69 Å². The van der Waals surface area contributed by atoms with E-state index < -0.39 is 0 Å². The van der Waals surface area contributed by atoms with Gasteiger partial charge in [0, 0.05) is 29.9 Å². The molecule has 4 rings (SSSR count). The van der Waals surface area contributed by atoms with Crippen LogP contribution in [0, 0.1) is 5.92 Å². The lowest BCUT2D eigenvalue weighted by Crippen LogP contribution is -2.34. The van der Waals surface area contributed by atoms with Crippen molar-refractivity contribution in [1.82, 2.24) is 4.90 Å². The maximum atomic E-state index is 12.3. The van der Waals surface area contributed by atoms with E-state index in [0.29, 0.717) is 29.5 Å². The molecule has 2 aliphatic rings. The molecule has 0 spiro atoms. The Balaban J connectivity index is 1.52. The summed E-state index contributed by atoms with van der Waals surface area (Å²) in [5.41, 5.74) is 2.24. The Morgan fingerprint density at radius 1 is 1.16 bits per heavy atom. The van der Waals surface area contributed by atoms with Gasteiger partial charge in [-0.25, -0.2) is 0 Å². The number of ether oxygens (including phenoxy) is 1. The summed E-state index contributed by atoms with van der Waals surface area (Å²) in [6.07, 6.45) is 2.40. The third-order valence-corrected chi connectivity index (χ3v) is 4.59. The van der Waals surface area contributed by atoms with Crippen molar-refractivity contribution in [3.63, 3.8) is 0 Å². The molecule has 5 heteroatoms. The summed E-state index contributed by atoms with van der Waals surface area (Å²) < 4.78 is 5.63. The molecule has 1 aliphatic heterocycles. The molecule has 0 unspecified atom stereocenters. The lowest BCUT2D eigenvalue weighted by Gasteiger charge is -2.19. The molecule has 0 atom stereocenters. The first-order valence-electron chi connectivity index (χ1n) is 8.59. The Morgan fingerprint density at radius 3 is 2.72 bits per heavy atom. The van der Waals surface area contributed by atoms with Gasteiger partial charge in [-0.3, -0.25) is 9.59 Å². The molecule has 1 fully saturated rings. The average molecular weight is 336 g/mol. The predicted molar refractivity (Wildman–Crippen MR) is 94.5 cm³/mol. The van der Waals surface area contributed by atoms with Gasteiger partial charge in [0.15, 0.2) is 6.61 Å². The van der Waals surface area contributed by atoms with Crippen LogP contribution in [0.2, 0.25) is 0 Å². The fourth-order valence-corrected chi connectivity index (χ4v) is 3.02. The molecule has 1 saturated carbocycles. The molecule has 1 aliphatic carbocycles. The van der Waals surface area contributed by atoms with E-state index in [-0.39, 0.29) is 18.4 Å². The van der Waals surface area contributed by atoms with Crippen LogP contribution in [0.5, 0.6) is 5.75 Å². The number of fused-ring (bicyclic) bond motifs is 1. The molecule has 1 N–H and O–H groups in total. The van der Waals surface area contributed by atoms with Gasteiger partial charge in [0.05, 0.1) is 0 Å². The van der Waals surface area contributed by atoms with E-state index in [1.807, 2.05) is 35.2 Å². The lowest BCUT2D eigenvalue weighted by molar-refractivity contribution is -0.133. The van der Waals surface area contributed by atoms with Crippen molar-refractivity contribution in [1.29, 1.82) is 0 Å². The van der Waals surface area contributed by atoms with Crippen LogP contribution in [0.1, 0.15) is 28.8 Å². The van der Waals surface area contributed by atoms with Gasteiger partial charge in [-0.1, -0.05) is 18.2 Å². The molecule has 2 amide bonds. The maximum absolute atomic E-state index is 12.3. The second-order valence-corrected chi connectivity index (χ2v) is 6.65. The van der Waals surface area contributed by atoms with E-state index in [0.717, 1.165) is 12.1 Å². The van der Waals surface area contributed by atoms with Crippen molar-refractivity contribution >= 4 is 17.5 Å². The summed E-state index contributed by atoms with van der Waals surface area (Å²) in [6.45, 7) is 1.40. The fourth-order valence-electron chi connectivity index (χ4n) is 3.02. The van der Waals surface area contributed by atoms with Gasteiger partial charge in [0.25, 0.3) is 11.8 Å². The summed E-state index contributed by atoms with van der Waals surface area (Å²) in [4.78, 5) is 26.4. The van der Waals surface area contributed by atoms with Gasteiger partial charge < -0.3 is 15.0 Å². The van der Waals surface area contributed by atoms with Crippen LogP contribution in [0.25, 0.3) is 0 Å². The Labute approximate surface area is 146 Å². The van der Waals surface area contributed by atoms with Gasteiger partial charge in [0.2, 0.25) is 0 Å². The smallest absolute Gasteiger partial charge is 0.260 e. The molecular weight excluding hydrogens is 316 g/mol. The molecule has 128 valence electrons. The number of carbonyl (C=O) groups is 2. The molecule has 25 heavy (non-hydrogen) atoms. The first kappa shape index (κ1) is 15.7. The number of amides is 2. The number of hydrogen-bond acceptors (Lipinski definition) is 3. The fraction of sp³-hybridized carbons (Fsp3) is 0.300. The molecule has 0 radical (unpaired) electrons. The molecule has 2 aromatic carbocycles. The maximum Gasteiger partial charge on any atom is 0.260 e. The third kappa shape index (κ3) is 3.65. The zero-order chi connectivity index (χ0) is 17.2. The van der Waals surface area contributed by atoms with Gasteiger partial charge in [-0.05, 0) is 49.1 Å². The standard InChI is InChI=1S/C20H20N2O3/c23-19-13-25-18-9-8-17(21-20(24)15-4-2-1-3-5-15)10-16(18)12-22(19)11-14-6-7-14/h1-5,8-10,14H,6-7,11-13H2,(H,21,24). The monoisotopic (exact) mass is 336 g/mol. The van der Waals surface area contributed by atoms with Crippen molar-refractivity contribution in [3.8, 4) is 5.75 Å². The largest absolute Gasteiger partial charge is 0.483 e. The highest BCUT2D eigenvalue weighted by Crippen LogP contribution is 2.32. The Kier molecular flexibility index (Phi) is 4.14. The Morgan fingerprint density at radius 2 is 1.96 bits per heavy atom. The highest BCUT2D eigenvalue weighted by atomic mass is 16.5. The summed E-state index contributed by atoms with van der Waals surface area (Å²) in [5.74, 6) is 1.22. The number of anilines is 1. The minimum Gasteiger partial charge on any atom is -0.483 e. The van der Waals surface area contributed by atoms with Crippen LogP contribution in [-0.2, 0) is 11.3 Å². The zero-order valence-corrected chi connectivity index (χ0v) is 13.9. The lowest BCUT2D eigenvalue weighted by atomic mass is 10.1. The number of rotatable bonds is 4. The normalized spacial score (nSPS) is 16.6. The van der Waals surface area contributed by atoms with Crippen LogP contribution < -0.4 is 10.1 Å². The predicted octanol–water partition coefficient (Wildman–Crippen LogP) is 3.07. The van der Waals surface area contributed by atoms with Crippen molar-refractivity contribution < 1.29 is 14.3 Å². The van der Waals surface area contributed by atoms with Crippen molar-refractivity contribution in [2.45, 2.75) is 19.4 Å². The summed E-state index contributed by atoms with van der Waals surface area (Å²) >= 11 is 0. The molecule has 0 aromatic heterocycles. The van der Waals surface area contributed by atoms with Gasteiger partial charge >= 0.3 is 0 Å². The molecule has 0 saturated heterocycles. The van der Waals surface area contributed by atoms with Crippen LogP contribution in [0.3, 0.4) is 0 Å². The number of carbonyl (C=O) groups excluding carboxylic acids is 2. The topological polar surface area (TPSA) is 58.6 Å². The van der Waals surface area contributed by atoms with Crippen molar-refractivity contribution in [2.24, 2.45) is 5.92 Å². The molecule has 1 heterocycles.